The van der Waals surface area contributed by atoms with Crippen molar-refractivity contribution in [3.8, 4) is 0 Å². The topological polar surface area (TPSA) is 69.4 Å². The fraction of sp³-hybridized carbons (Fsp3) is 0.421. The Hall–Kier alpha value is -2.43. The van der Waals surface area contributed by atoms with E-state index < -0.39 is 12.1 Å². The quantitative estimate of drug-likeness (QED) is 0.626. The number of carbonyl (C=O) groups excluding carboxylic acids is 2. The number of aromatic nitrogens is 1. The Bertz CT molecular complexity index is 731. The molecule has 0 fully saturated rings. The van der Waals surface area contributed by atoms with Crippen LogP contribution in [0.15, 0.2) is 28.8 Å². The minimum absolute atomic E-state index is 0.0169. The molecule has 2 aromatic rings. The number of ether oxygens (including phenoxy) is 1. The van der Waals surface area contributed by atoms with Crippen molar-refractivity contribution in [2.75, 3.05) is 0 Å². The summed E-state index contributed by atoms with van der Waals surface area (Å²) in [6.07, 6.45) is -0.883. The van der Waals surface area contributed by atoms with Crippen LogP contribution in [0.4, 0.5) is 0 Å². The number of nitrogens with zero attached hydrogens (tertiary/aromatic N) is 1. The molecule has 0 amide bonds. The van der Waals surface area contributed by atoms with Gasteiger partial charge in [0.25, 0.3) is 0 Å². The van der Waals surface area contributed by atoms with Crippen LogP contribution in [-0.4, -0.2) is 23.0 Å². The zero-order valence-electron chi connectivity index (χ0n) is 15.0. The van der Waals surface area contributed by atoms with Crippen LogP contribution >= 0.6 is 0 Å². The number of rotatable bonds is 4. The number of aryl methyl sites for hydroxylation is 2. The summed E-state index contributed by atoms with van der Waals surface area (Å²) in [5.41, 5.74) is 2.40. The number of carbonyl (C=O) groups is 2. The lowest BCUT2D eigenvalue weighted by Gasteiger charge is -2.19. The van der Waals surface area contributed by atoms with Gasteiger partial charge in [-0.2, -0.15) is 0 Å². The summed E-state index contributed by atoms with van der Waals surface area (Å²) in [4.78, 5) is 24.7. The third-order valence-corrected chi connectivity index (χ3v) is 3.93. The van der Waals surface area contributed by atoms with Crippen molar-refractivity contribution in [2.24, 2.45) is 0 Å². The van der Waals surface area contributed by atoms with Gasteiger partial charge in [-0.05, 0) is 31.7 Å². The first-order valence-corrected chi connectivity index (χ1v) is 7.90. The zero-order chi connectivity index (χ0) is 18.1. The van der Waals surface area contributed by atoms with Gasteiger partial charge in [-0.25, -0.2) is 4.79 Å². The largest absolute Gasteiger partial charge is 0.451 e. The van der Waals surface area contributed by atoms with Gasteiger partial charge in [0.1, 0.15) is 11.3 Å². The van der Waals surface area contributed by atoms with Crippen molar-refractivity contribution < 1.29 is 18.8 Å². The summed E-state index contributed by atoms with van der Waals surface area (Å²) in [5.74, 6) is -0.458. The van der Waals surface area contributed by atoms with Crippen LogP contribution in [0.5, 0.6) is 0 Å². The normalized spacial score (nSPS) is 12.8. The van der Waals surface area contributed by atoms with Gasteiger partial charge < -0.3 is 9.26 Å². The second-order valence-corrected chi connectivity index (χ2v) is 6.94. The average molecular weight is 329 g/mol. The maximum absolute atomic E-state index is 12.5. The van der Waals surface area contributed by atoms with Crippen molar-refractivity contribution in [1.29, 1.82) is 0 Å². The van der Waals surface area contributed by atoms with Gasteiger partial charge in [-0.1, -0.05) is 50.2 Å². The summed E-state index contributed by atoms with van der Waals surface area (Å²) >= 11 is 0. The molecule has 5 nitrogen and oxygen atoms in total. The number of hydrogen-bond acceptors (Lipinski definition) is 5. The third kappa shape index (κ3) is 3.72. The number of hydrogen-bond donors (Lipinski definition) is 0. The molecule has 0 radical (unpaired) electrons. The van der Waals surface area contributed by atoms with Crippen molar-refractivity contribution in [1.82, 2.24) is 5.16 Å². The number of Topliss-reactive ketones (excluding diaryl/α,β-unsaturated/α-hetero) is 1. The van der Waals surface area contributed by atoms with Gasteiger partial charge in [0.05, 0.1) is 5.69 Å². The minimum atomic E-state index is -0.883. The predicted molar refractivity (Wildman–Crippen MR) is 90.3 cm³/mol. The Kier molecular flexibility index (Phi) is 4.92. The highest BCUT2D eigenvalue weighted by Crippen LogP contribution is 2.23. The molecule has 1 aromatic carbocycles. The van der Waals surface area contributed by atoms with Crippen LogP contribution in [0.1, 0.15) is 65.4 Å². The Balaban J connectivity index is 2.11. The molecule has 128 valence electrons. The molecule has 0 aliphatic heterocycles. The molecule has 0 bridgehead atoms. The lowest BCUT2D eigenvalue weighted by atomic mass is 9.86. The summed E-state index contributed by atoms with van der Waals surface area (Å²) in [6, 6.07) is 7.39. The van der Waals surface area contributed by atoms with Gasteiger partial charge in [0, 0.05) is 5.56 Å². The van der Waals surface area contributed by atoms with Gasteiger partial charge >= 0.3 is 5.97 Å². The summed E-state index contributed by atoms with van der Waals surface area (Å²) in [6.45, 7) is 11.2. The van der Waals surface area contributed by atoms with Gasteiger partial charge in [0.15, 0.2) is 6.10 Å². The van der Waals surface area contributed by atoms with Crippen LogP contribution in [0, 0.1) is 13.8 Å². The average Bonchev–Trinajstić information content (AvgIpc) is 2.84. The second kappa shape index (κ2) is 6.59. The number of ketones is 1. The molecule has 1 atom stereocenters. The maximum Gasteiger partial charge on any atom is 0.344 e. The maximum atomic E-state index is 12.5. The van der Waals surface area contributed by atoms with Crippen molar-refractivity contribution in [3.05, 3.63) is 52.4 Å². The van der Waals surface area contributed by atoms with E-state index in [0.29, 0.717) is 17.0 Å². The highest BCUT2D eigenvalue weighted by molar-refractivity contribution is 6.01. The van der Waals surface area contributed by atoms with Gasteiger partial charge in [-0.3, -0.25) is 4.79 Å². The van der Waals surface area contributed by atoms with E-state index in [9.17, 15) is 9.59 Å². The molecule has 0 spiro atoms. The molecule has 5 heteroatoms. The lowest BCUT2D eigenvalue weighted by Crippen LogP contribution is -2.25. The first-order valence-electron chi connectivity index (χ1n) is 7.90. The van der Waals surface area contributed by atoms with Crippen LogP contribution < -0.4 is 0 Å². The first kappa shape index (κ1) is 17.9. The molecule has 0 aliphatic carbocycles. The van der Waals surface area contributed by atoms with Crippen LogP contribution in [0.25, 0.3) is 0 Å². The van der Waals surface area contributed by atoms with E-state index >= 15 is 0 Å². The molecule has 1 unspecified atom stereocenters. The van der Waals surface area contributed by atoms with E-state index in [4.69, 9.17) is 9.26 Å². The Morgan fingerprint density at radius 2 is 1.71 bits per heavy atom. The smallest absolute Gasteiger partial charge is 0.344 e. The molecular formula is C19H23NO4. The van der Waals surface area contributed by atoms with Gasteiger partial charge in [0.2, 0.25) is 5.78 Å². The molecule has 0 N–H and O–H groups in total. The molecule has 24 heavy (non-hydrogen) atoms. The summed E-state index contributed by atoms with van der Waals surface area (Å²) in [5, 5.41) is 3.72. The predicted octanol–water partition coefficient (Wildman–Crippen LogP) is 4.02. The van der Waals surface area contributed by atoms with Crippen LogP contribution in [0.3, 0.4) is 0 Å². The van der Waals surface area contributed by atoms with E-state index in [-0.39, 0.29) is 16.8 Å². The van der Waals surface area contributed by atoms with Crippen molar-refractivity contribution in [2.45, 2.75) is 53.1 Å². The summed E-state index contributed by atoms with van der Waals surface area (Å²) < 4.78 is 10.2. The zero-order valence-corrected chi connectivity index (χ0v) is 15.0. The van der Waals surface area contributed by atoms with E-state index in [1.165, 1.54) is 0 Å². The van der Waals surface area contributed by atoms with Crippen molar-refractivity contribution in [3.63, 3.8) is 0 Å². The fourth-order valence-electron chi connectivity index (χ4n) is 2.42. The molecular weight excluding hydrogens is 306 g/mol. The highest BCUT2D eigenvalue weighted by atomic mass is 16.5. The summed E-state index contributed by atoms with van der Waals surface area (Å²) in [7, 11) is 0. The molecule has 1 aromatic heterocycles. The Morgan fingerprint density at radius 1 is 1.12 bits per heavy atom. The van der Waals surface area contributed by atoms with Gasteiger partial charge in [-0.15, -0.1) is 0 Å². The molecule has 0 saturated heterocycles. The van der Waals surface area contributed by atoms with Crippen LogP contribution in [-0.2, 0) is 10.2 Å². The van der Waals surface area contributed by atoms with E-state index in [2.05, 4.69) is 25.9 Å². The first-order chi connectivity index (χ1) is 11.1. The standard InChI is InChI=1S/C19H23NO4/c1-11-16(12(2)24-20-11)18(22)23-13(3)17(21)14-7-9-15(10-8-14)19(4,5)6/h7-10,13H,1-6H3. The monoisotopic (exact) mass is 329 g/mol. The van der Waals surface area contributed by atoms with E-state index in [1.54, 1.807) is 32.9 Å². The van der Waals surface area contributed by atoms with Crippen molar-refractivity contribution >= 4 is 11.8 Å². The lowest BCUT2D eigenvalue weighted by molar-refractivity contribution is 0.0316. The second-order valence-electron chi connectivity index (χ2n) is 6.94. The molecule has 0 saturated carbocycles. The minimum Gasteiger partial charge on any atom is -0.451 e. The molecule has 1 heterocycles. The SMILES string of the molecule is Cc1noc(C)c1C(=O)OC(C)C(=O)c1ccc(C(C)(C)C)cc1. The van der Waals surface area contributed by atoms with E-state index in [1.807, 2.05) is 12.1 Å². The molecule has 2 rings (SSSR count). The number of benzene rings is 1. The highest BCUT2D eigenvalue weighted by Gasteiger charge is 2.25. The third-order valence-electron chi connectivity index (χ3n) is 3.93. The van der Waals surface area contributed by atoms with Crippen LogP contribution in [0.2, 0.25) is 0 Å². The molecule has 0 aliphatic rings. The Morgan fingerprint density at radius 3 is 2.17 bits per heavy atom. The number of esters is 1. The van der Waals surface area contributed by atoms with E-state index in [0.717, 1.165) is 5.56 Å². The fourth-order valence-corrected chi connectivity index (χ4v) is 2.42. The Labute approximate surface area is 142 Å².